The first kappa shape index (κ1) is 18.1. The van der Waals surface area contributed by atoms with Crippen LogP contribution >= 0.6 is 22.3 Å². The molecule has 0 aliphatic carbocycles. The van der Waals surface area contributed by atoms with E-state index in [0.717, 1.165) is 0 Å². The predicted molar refractivity (Wildman–Crippen MR) is 58.5 cm³/mol. The largest absolute Gasteiger partial charge is 0.573 e. The highest BCUT2D eigenvalue weighted by atomic mass is 35.7. The molecular weight excluding hydrogens is 375 g/mol. The first-order valence-corrected chi connectivity index (χ1v) is 7.47. The molecule has 13 heteroatoms. The molecule has 1 aromatic heterocycles. The highest BCUT2D eigenvalue weighted by Gasteiger charge is 2.43. The van der Waals surface area contributed by atoms with Crippen molar-refractivity contribution in [3.8, 4) is 5.75 Å². The molecule has 0 unspecified atom stereocenters. The minimum absolute atomic E-state index is 0.367. The molecule has 0 atom stereocenters. The SMILES string of the molecule is O=S(=O)(Cl)c1cc(CCl)c(OC(F)(F)F)c(C(F)(F)F)n1. The molecule has 0 spiro atoms. The van der Waals surface area contributed by atoms with E-state index in [2.05, 4.69) is 9.72 Å². The van der Waals surface area contributed by atoms with Gasteiger partial charge in [-0.1, -0.05) is 0 Å². The number of ether oxygens (including phenoxy) is 1. The van der Waals surface area contributed by atoms with Gasteiger partial charge in [-0.3, -0.25) is 0 Å². The van der Waals surface area contributed by atoms with Gasteiger partial charge in [0.25, 0.3) is 9.05 Å². The van der Waals surface area contributed by atoms with Crippen molar-refractivity contribution < 1.29 is 39.5 Å². The fourth-order valence-electron chi connectivity index (χ4n) is 1.21. The van der Waals surface area contributed by atoms with Crippen LogP contribution in [0, 0.1) is 0 Å². The molecule has 120 valence electrons. The van der Waals surface area contributed by atoms with Gasteiger partial charge in [-0.15, -0.1) is 24.8 Å². The summed E-state index contributed by atoms with van der Waals surface area (Å²) in [5, 5.41) is -1.29. The number of pyridine rings is 1. The minimum Gasteiger partial charge on any atom is -0.403 e. The molecule has 1 heterocycles. The Bertz CT molecular complexity index is 643. The predicted octanol–water partition coefficient (Wildman–Crippen LogP) is 3.67. The summed E-state index contributed by atoms with van der Waals surface area (Å²) in [6.07, 6.45) is -10.9. The van der Waals surface area contributed by atoms with Gasteiger partial charge in [0.2, 0.25) is 0 Å². The van der Waals surface area contributed by atoms with Gasteiger partial charge >= 0.3 is 12.5 Å². The van der Waals surface area contributed by atoms with E-state index in [1.807, 2.05) is 0 Å². The summed E-state index contributed by atoms with van der Waals surface area (Å²) in [5.74, 6) is -2.62. The van der Waals surface area contributed by atoms with Crippen LogP contribution in [0.15, 0.2) is 11.1 Å². The van der Waals surface area contributed by atoms with E-state index in [1.165, 1.54) is 0 Å². The lowest BCUT2D eigenvalue weighted by atomic mass is 10.2. The maximum atomic E-state index is 12.7. The average molecular weight is 378 g/mol. The van der Waals surface area contributed by atoms with Crippen molar-refractivity contribution in [3.05, 3.63) is 17.3 Å². The Morgan fingerprint density at radius 3 is 2.05 bits per heavy atom. The van der Waals surface area contributed by atoms with E-state index < -0.39 is 49.5 Å². The molecule has 0 aliphatic rings. The topological polar surface area (TPSA) is 56.3 Å². The number of aromatic nitrogens is 1. The Balaban J connectivity index is 3.69. The van der Waals surface area contributed by atoms with Gasteiger partial charge < -0.3 is 4.74 Å². The van der Waals surface area contributed by atoms with Gasteiger partial charge in [-0.25, -0.2) is 13.4 Å². The summed E-state index contributed by atoms with van der Waals surface area (Å²) >= 11 is 5.22. The van der Waals surface area contributed by atoms with Crippen molar-refractivity contribution in [2.24, 2.45) is 0 Å². The smallest absolute Gasteiger partial charge is 0.403 e. The summed E-state index contributed by atoms with van der Waals surface area (Å²) in [5.41, 5.74) is -3.08. The van der Waals surface area contributed by atoms with Gasteiger partial charge in [0.1, 0.15) is 0 Å². The number of hydrogen-bond acceptors (Lipinski definition) is 4. The van der Waals surface area contributed by atoms with Crippen molar-refractivity contribution >= 4 is 31.3 Å². The van der Waals surface area contributed by atoms with Crippen LogP contribution in [0.1, 0.15) is 11.3 Å². The van der Waals surface area contributed by atoms with Crippen molar-refractivity contribution in [3.63, 3.8) is 0 Å². The Labute approximate surface area is 123 Å². The number of nitrogens with zero attached hydrogens (tertiary/aromatic N) is 1. The quantitative estimate of drug-likeness (QED) is 0.458. The zero-order chi connectivity index (χ0) is 16.6. The summed E-state index contributed by atoms with van der Waals surface area (Å²) in [6.45, 7) is 0. The molecule has 1 rings (SSSR count). The summed E-state index contributed by atoms with van der Waals surface area (Å²) < 4.78 is 99.9. The standard InChI is InChI=1S/C8H3Cl2F6NO3S/c9-2-3-1-4(21(10,18)19)17-6(7(11,12)13)5(3)20-8(14,15)16/h1H,2H2. The van der Waals surface area contributed by atoms with Crippen LogP contribution in [-0.2, 0) is 21.1 Å². The molecule has 21 heavy (non-hydrogen) atoms. The van der Waals surface area contributed by atoms with Gasteiger partial charge in [0.15, 0.2) is 16.5 Å². The van der Waals surface area contributed by atoms with E-state index in [9.17, 15) is 34.8 Å². The van der Waals surface area contributed by atoms with Crippen LogP contribution in [0.3, 0.4) is 0 Å². The molecule has 0 fully saturated rings. The number of rotatable bonds is 3. The van der Waals surface area contributed by atoms with Crippen molar-refractivity contribution in [2.75, 3.05) is 0 Å². The molecule has 0 saturated heterocycles. The second-order valence-corrected chi connectivity index (χ2v) is 6.19. The van der Waals surface area contributed by atoms with Crippen LogP contribution in [0.5, 0.6) is 5.75 Å². The molecule has 0 aliphatic heterocycles. The maximum absolute atomic E-state index is 12.7. The maximum Gasteiger partial charge on any atom is 0.573 e. The zero-order valence-electron chi connectivity index (χ0n) is 9.39. The highest BCUT2D eigenvalue weighted by Crippen LogP contribution is 2.41. The molecule has 0 bridgehead atoms. The van der Waals surface area contributed by atoms with E-state index in [0.29, 0.717) is 6.07 Å². The van der Waals surface area contributed by atoms with Gasteiger partial charge in [0.05, 0.1) is 5.88 Å². The van der Waals surface area contributed by atoms with Crippen LogP contribution in [0.25, 0.3) is 0 Å². The van der Waals surface area contributed by atoms with E-state index in [-0.39, 0.29) is 0 Å². The Morgan fingerprint density at radius 1 is 1.19 bits per heavy atom. The van der Waals surface area contributed by atoms with Crippen LogP contribution < -0.4 is 4.74 Å². The van der Waals surface area contributed by atoms with E-state index in [4.69, 9.17) is 22.3 Å². The van der Waals surface area contributed by atoms with Crippen LogP contribution in [-0.4, -0.2) is 19.8 Å². The van der Waals surface area contributed by atoms with Crippen LogP contribution in [0.2, 0.25) is 0 Å². The third-order valence-corrected chi connectivity index (χ3v) is 3.38. The Kier molecular flexibility index (Phi) is 4.91. The second kappa shape index (κ2) is 5.69. The number of alkyl halides is 7. The molecule has 0 N–H and O–H groups in total. The summed E-state index contributed by atoms with van der Waals surface area (Å²) in [7, 11) is 0.118. The normalized spacial score (nSPS) is 13.3. The van der Waals surface area contributed by atoms with Crippen LogP contribution in [0.4, 0.5) is 26.3 Å². The molecule has 4 nitrogen and oxygen atoms in total. The monoisotopic (exact) mass is 377 g/mol. The molecular formula is C8H3Cl2F6NO3S. The van der Waals surface area contributed by atoms with Gasteiger partial charge in [-0.05, 0) is 6.07 Å². The summed E-state index contributed by atoms with van der Waals surface area (Å²) in [4.78, 5) is 2.58. The molecule has 0 amide bonds. The lowest BCUT2D eigenvalue weighted by Gasteiger charge is -2.17. The molecule has 0 aromatic carbocycles. The Hall–Kier alpha value is -0.940. The lowest BCUT2D eigenvalue weighted by molar-refractivity contribution is -0.276. The third-order valence-electron chi connectivity index (χ3n) is 1.91. The van der Waals surface area contributed by atoms with E-state index in [1.54, 1.807) is 0 Å². The van der Waals surface area contributed by atoms with Gasteiger partial charge in [0, 0.05) is 16.2 Å². The lowest BCUT2D eigenvalue weighted by Crippen LogP contribution is -2.23. The molecule has 0 radical (unpaired) electrons. The van der Waals surface area contributed by atoms with Crippen molar-refractivity contribution in [1.29, 1.82) is 0 Å². The molecule has 1 aromatic rings. The minimum atomic E-state index is -5.45. The fraction of sp³-hybridized carbons (Fsp3) is 0.375. The fourth-order valence-corrected chi connectivity index (χ4v) is 2.12. The van der Waals surface area contributed by atoms with Crippen molar-refractivity contribution in [2.45, 2.75) is 23.4 Å². The van der Waals surface area contributed by atoms with E-state index >= 15 is 0 Å². The van der Waals surface area contributed by atoms with Crippen molar-refractivity contribution in [1.82, 2.24) is 4.98 Å². The zero-order valence-corrected chi connectivity index (χ0v) is 11.7. The Morgan fingerprint density at radius 2 is 1.71 bits per heavy atom. The average Bonchev–Trinajstić information content (AvgIpc) is 2.23. The molecule has 0 saturated carbocycles. The first-order valence-electron chi connectivity index (χ1n) is 4.63. The number of hydrogen-bond donors (Lipinski definition) is 0. The number of halogens is 8. The first-order chi connectivity index (χ1) is 9.25. The summed E-state index contributed by atoms with van der Waals surface area (Å²) in [6, 6.07) is 0.367. The van der Waals surface area contributed by atoms with Gasteiger partial charge in [-0.2, -0.15) is 13.2 Å². The second-order valence-electron chi connectivity index (χ2n) is 3.41. The highest BCUT2D eigenvalue weighted by molar-refractivity contribution is 8.13. The third kappa shape index (κ3) is 4.78.